The Bertz CT molecular complexity index is 246. The van der Waals surface area contributed by atoms with Crippen LogP contribution in [-0.2, 0) is 0 Å². The number of hydrogen-bond acceptors (Lipinski definition) is 3. The van der Waals surface area contributed by atoms with Gasteiger partial charge in [0.2, 0.25) is 0 Å². The van der Waals surface area contributed by atoms with Gasteiger partial charge in [-0.2, -0.15) is 0 Å². The summed E-state index contributed by atoms with van der Waals surface area (Å²) in [5.74, 6) is 2.46. The molecule has 1 aromatic carbocycles. The molecule has 0 saturated heterocycles. The molecule has 0 N–H and O–H groups in total. The lowest BCUT2D eigenvalue weighted by molar-refractivity contribution is 0.543. The molecular formula is C11H16S3. The van der Waals surface area contributed by atoms with Crippen LogP contribution in [0.15, 0.2) is 30.3 Å². The summed E-state index contributed by atoms with van der Waals surface area (Å²) in [7, 11) is 3.37. The van der Waals surface area contributed by atoms with Crippen molar-refractivity contribution in [3.8, 4) is 0 Å². The van der Waals surface area contributed by atoms with Crippen LogP contribution in [0, 0.1) is 5.92 Å². The quantitative estimate of drug-likeness (QED) is 0.591. The van der Waals surface area contributed by atoms with E-state index >= 15 is 0 Å². The molecule has 0 aliphatic heterocycles. The maximum absolute atomic E-state index is 4.16. The third-order valence-corrected chi connectivity index (χ3v) is 4.61. The lowest BCUT2D eigenvalue weighted by Crippen LogP contribution is -2.08. The van der Waals surface area contributed by atoms with Gasteiger partial charge in [-0.3, -0.25) is 0 Å². The first-order valence-electron chi connectivity index (χ1n) is 4.73. The number of hydrogen-bond donors (Lipinski definition) is 1. The molecule has 0 saturated carbocycles. The summed E-state index contributed by atoms with van der Waals surface area (Å²) in [5.41, 5.74) is 1.44. The van der Waals surface area contributed by atoms with Gasteiger partial charge in [0, 0.05) is 5.75 Å². The van der Waals surface area contributed by atoms with Crippen LogP contribution >= 0.6 is 32.3 Å². The van der Waals surface area contributed by atoms with Gasteiger partial charge < -0.3 is 0 Å². The van der Waals surface area contributed by atoms with E-state index in [9.17, 15) is 0 Å². The monoisotopic (exact) mass is 244 g/mol. The summed E-state index contributed by atoms with van der Waals surface area (Å²) in [6.07, 6.45) is 0. The van der Waals surface area contributed by atoms with Crippen molar-refractivity contribution >= 4 is 32.3 Å². The maximum atomic E-state index is 4.16. The van der Waals surface area contributed by atoms with Gasteiger partial charge in [-0.25, -0.2) is 0 Å². The predicted molar refractivity (Wildman–Crippen MR) is 73.1 cm³/mol. The Morgan fingerprint density at radius 3 is 2.36 bits per heavy atom. The first kappa shape index (κ1) is 12.3. The second-order valence-corrected chi connectivity index (χ2v) is 6.83. The molecule has 0 nitrogen and oxygen atoms in total. The molecule has 1 rings (SSSR count). The number of rotatable bonds is 5. The smallest absolute Gasteiger partial charge is 0.0116 e. The van der Waals surface area contributed by atoms with Gasteiger partial charge in [-0.15, -0.1) is 0 Å². The fourth-order valence-corrected chi connectivity index (χ4v) is 3.43. The van der Waals surface area contributed by atoms with Crippen LogP contribution in [-0.4, -0.2) is 5.75 Å². The highest BCUT2D eigenvalue weighted by molar-refractivity contribution is 9.05. The van der Waals surface area contributed by atoms with Gasteiger partial charge >= 0.3 is 0 Å². The van der Waals surface area contributed by atoms with Crippen molar-refractivity contribution in [3.63, 3.8) is 0 Å². The van der Waals surface area contributed by atoms with Crippen molar-refractivity contribution in [3.05, 3.63) is 35.9 Å². The van der Waals surface area contributed by atoms with Crippen molar-refractivity contribution in [1.29, 1.82) is 0 Å². The fourth-order valence-electron chi connectivity index (χ4n) is 1.48. The van der Waals surface area contributed by atoms with Gasteiger partial charge in [-0.05, 0) is 27.2 Å². The molecule has 0 heterocycles. The zero-order valence-corrected chi connectivity index (χ0v) is 11.0. The molecule has 0 fully saturated rings. The molecule has 0 aliphatic carbocycles. The van der Waals surface area contributed by atoms with Crippen LogP contribution in [0.2, 0.25) is 0 Å². The molecule has 0 radical (unpaired) electrons. The minimum Gasteiger partial charge on any atom is -0.0997 e. The molecule has 3 heteroatoms. The summed E-state index contributed by atoms with van der Waals surface area (Å²) in [5, 5.41) is 0. The second-order valence-electron chi connectivity index (χ2n) is 3.62. The van der Waals surface area contributed by atoms with E-state index in [-0.39, 0.29) is 0 Å². The standard InChI is InChI=1S/C11H16S3/c1-9(2)11(8-13-14-12)10-6-4-3-5-7-10/h3-7,9,11-12H,8H2,1-2H3. The molecule has 78 valence electrons. The van der Waals surface area contributed by atoms with Gasteiger partial charge in [0.25, 0.3) is 0 Å². The highest BCUT2D eigenvalue weighted by Gasteiger charge is 2.15. The minimum absolute atomic E-state index is 0.640. The van der Waals surface area contributed by atoms with E-state index in [0.29, 0.717) is 11.8 Å². The van der Waals surface area contributed by atoms with E-state index in [1.165, 1.54) is 5.56 Å². The van der Waals surface area contributed by atoms with Crippen LogP contribution in [0.4, 0.5) is 0 Å². The third kappa shape index (κ3) is 3.79. The molecule has 1 unspecified atom stereocenters. The summed E-state index contributed by atoms with van der Waals surface area (Å²) < 4.78 is 0. The predicted octanol–water partition coefficient (Wildman–Crippen LogP) is 4.65. The molecule has 0 aliphatic rings. The fraction of sp³-hybridized carbons (Fsp3) is 0.455. The Hall–Kier alpha value is 0.270. The average molecular weight is 244 g/mol. The Balaban J connectivity index is 2.68. The molecule has 14 heavy (non-hydrogen) atoms. The van der Waals surface area contributed by atoms with Gasteiger partial charge in [0.15, 0.2) is 0 Å². The summed E-state index contributed by atoms with van der Waals surface area (Å²) in [4.78, 5) is 0. The topological polar surface area (TPSA) is 0 Å². The van der Waals surface area contributed by atoms with E-state index in [1.807, 2.05) is 10.8 Å². The Kier molecular flexibility index (Phi) is 5.90. The SMILES string of the molecule is CC(C)C(CSSS)c1ccccc1. The normalized spacial score (nSPS) is 13.1. The first-order valence-corrected chi connectivity index (χ1v) is 8.10. The molecule has 1 aromatic rings. The third-order valence-electron chi connectivity index (χ3n) is 2.33. The largest absolute Gasteiger partial charge is 0.0997 e. The lowest BCUT2D eigenvalue weighted by atomic mass is 9.90. The minimum atomic E-state index is 0.640. The van der Waals surface area contributed by atoms with Crippen LogP contribution in [0.25, 0.3) is 0 Å². The van der Waals surface area contributed by atoms with Gasteiger partial charge in [0.05, 0.1) is 0 Å². The van der Waals surface area contributed by atoms with Crippen LogP contribution in [0.3, 0.4) is 0 Å². The second kappa shape index (κ2) is 6.70. The Labute approximate surface area is 99.5 Å². The zero-order chi connectivity index (χ0) is 10.4. The van der Waals surface area contributed by atoms with E-state index in [2.05, 4.69) is 55.8 Å². The molecular weight excluding hydrogens is 228 g/mol. The summed E-state index contributed by atoms with van der Waals surface area (Å²) in [6, 6.07) is 10.7. The summed E-state index contributed by atoms with van der Waals surface area (Å²) in [6.45, 7) is 4.56. The highest BCUT2D eigenvalue weighted by atomic mass is 33.5. The average Bonchev–Trinajstić information content (AvgIpc) is 2.19. The molecule has 0 spiro atoms. The van der Waals surface area contributed by atoms with Crippen LogP contribution < -0.4 is 0 Å². The Morgan fingerprint density at radius 2 is 1.86 bits per heavy atom. The Morgan fingerprint density at radius 1 is 1.21 bits per heavy atom. The lowest BCUT2D eigenvalue weighted by Gasteiger charge is -2.20. The van der Waals surface area contributed by atoms with Crippen molar-refractivity contribution in [2.45, 2.75) is 19.8 Å². The van der Waals surface area contributed by atoms with Crippen LogP contribution in [0.1, 0.15) is 25.3 Å². The van der Waals surface area contributed by atoms with Crippen molar-refractivity contribution in [1.82, 2.24) is 0 Å². The first-order chi connectivity index (χ1) is 6.75. The maximum Gasteiger partial charge on any atom is 0.0116 e. The molecule has 0 bridgehead atoms. The van der Waals surface area contributed by atoms with E-state index in [1.54, 1.807) is 9.83 Å². The molecule has 1 atom stereocenters. The molecule has 0 amide bonds. The van der Waals surface area contributed by atoms with E-state index in [4.69, 9.17) is 0 Å². The van der Waals surface area contributed by atoms with E-state index in [0.717, 1.165) is 5.75 Å². The van der Waals surface area contributed by atoms with E-state index < -0.39 is 0 Å². The van der Waals surface area contributed by atoms with Crippen molar-refractivity contribution < 1.29 is 0 Å². The summed E-state index contributed by atoms with van der Waals surface area (Å²) >= 11 is 4.16. The van der Waals surface area contributed by atoms with Gasteiger partial charge in [0.1, 0.15) is 0 Å². The number of thiol groups is 1. The highest BCUT2D eigenvalue weighted by Crippen LogP contribution is 2.34. The van der Waals surface area contributed by atoms with Gasteiger partial charge in [-0.1, -0.05) is 66.6 Å². The van der Waals surface area contributed by atoms with Crippen molar-refractivity contribution in [2.75, 3.05) is 5.75 Å². The van der Waals surface area contributed by atoms with Crippen molar-refractivity contribution in [2.24, 2.45) is 5.92 Å². The zero-order valence-electron chi connectivity index (χ0n) is 8.51. The molecule has 0 aromatic heterocycles. The van der Waals surface area contributed by atoms with Crippen LogP contribution in [0.5, 0.6) is 0 Å². The number of benzene rings is 1.